The minimum absolute atomic E-state index is 0.0816. The third kappa shape index (κ3) is 3.61. The zero-order chi connectivity index (χ0) is 13.7. The molecule has 0 saturated heterocycles. The molecular weight excluding hydrogens is 286 g/mol. The first-order valence-electron chi connectivity index (χ1n) is 5.40. The maximum absolute atomic E-state index is 11.8. The molecule has 0 bridgehead atoms. The van der Waals surface area contributed by atoms with E-state index in [1.807, 2.05) is 12.1 Å². The van der Waals surface area contributed by atoms with Gasteiger partial charge in [-0.3, -0.25) is 4.79 Å². The van der Waals surface area contributed by atoms with Crippen LogP contribution >= 0.6 is 22.9 Å². The van der Waals surface area contributed by atoms with Gasteiger partial charge >= 0.3 is 0 Å². The Morgan fingerprint density at radius 2 is 2.32 bits per heavy atom. The summed E-state index contributed by atoms with van der Waals surface area (Å²) in [5.41, 5.74) is 0.318. The SMILES string of the molecule is O=C(NCc1ccc(C#CCO)s1)c1ccoc1Cl. The van der Waals surface area contributed by atoms with Crippen molar-refractivity contribution >= 4 is 28.8 Å². The Hall–Kier alpha value is -1.74. The molecule has 0 aliphatic heterocycles. The fraction of sp³-hybridized carbons (Fsp3) is 0.154. The molecule has 1 amide bonds. The number of hydrogen-bond acceptors (Lipinski definition) is 4. The van der Waals surface area contributed by atoms with Crippen LogP contribution in [0.15, 0.2) is 28.9 Å². The molecule has 2 rings (SSSR count). The lowest BCUT2D eigenvalue weighted by Crippen LogP contribution is -2.21. The summed E-state index contributed by atoms with van der Waals surface area (Å²) in [4.78, 5) is 13.6. The highest BCUT2D eigenvalue weighted by Crippen LogP contribution is 2.18. The number of nitrogens with one attached hydrogen (secondary N) is 1. The van der Waals surface area contributed by atoms with Crippen LogP contribution in [0, 0.1) is 11.8 Å². The summed E-state index contributed by atoms with van der Waals surface area (Å²) in [7, 11) is 0. The van der Waals surface area contributed by atoms with Crippen LogP contribution in [0.4, 0.5) is 0 Å². The summed E-state index contributed by atoms with van der Waals surface area (Å²) in [5, 5.41) is 11.4. The van der Waals surface area contributed by atoms with Crippen LogP contribution in [0.2, 0.25) is 5.22 Å². The molecule has 98 valence electrons. The number of aliphatic hydroxyl groups is 1. The van der Waals surface area contributed by atoms with Gasteiger partial charge in [-0.15, -0.1) is 11.3 Å². The van der Waals surface area contributed by atoms with Gasteiger partial charge in [-0.25, -0.2) is 0 Å². The molecule has 0 aromatic carbocycles. The van der Waals surface area contributed by atoms with Crippen molar-refractivity contribution in [2.45, 2.75) is 6.54 Å². The first-order valence-corrected chi connectivity index (χ1v) is 6.60. The van der Waals surface area contributed by atoms with Crippen LogP contribution in [-0.2, 0) is 6.54 Å². The molecule has 2 N–H and O–H groups in total. The number of furan rings is 1. The number of carbonyl (C=O) groups excluding carboxylic acids is 1. The first kappa shape index (κ1) is 13.7. The zero-order valence-electron chi connectivity index (χ0n) is 9.77. The number of halogens is 1. The summed E-state index contributed by atoms with van der Waals surface area (Å²) in [6.45, 7) is 0.231. The Morgan fingerprint density at radius 1 is 1.47 bits per heavy atom. The molecule has 4 nitrogen and oxygen atoms in total. The fourth-order valence-electron chi connectivity index (χ4n) is 1.39. The van der Waals surface area contributed by atoms with E-state index in [1.54, 1.807) is 0 Å². The van der Waals surface area contributed by atoms with Crippen molar-refractivity contribution in [1.82, 2.24) is 5.32 Å². The molecular formula is C13H10ClNO3S. The van der Waals surface area contributed by atoms with E-state index in [4.69, 9.17) is 21.1 Å². The zero-order valence-corrected chi connectivity index (χ0v) is 11.3. The van der Waals surface area contributed by atoms with Crippen LogP contribution < -0.4 is 5.32 Å². The minimum atomic E-state index is -0.282. The van der Waals surface area contributed by atoms with Crippen LogP contribution in [-0.4, -0.2) is 17.6 Å². The second-order valence-corrected chi connectivity index (χ2v) is 5.03. The third-order valence-corrected chi connectivity index (χ3v) is 3.53. The van der Waals surface area contributed by atoms with Gasteiger partial charge in [0.1, 0.15) is 6.61 Å². The van der Waals surface area contributed by atoms with E-state index in [2.05, 4.69) is 17.2 Å². The highest BCUT2D eigenvalue weighted by atomic mass is 35.5. The van der Waals surface area contributed by atoms with E-state index in [0.29, 0.717) is 12.1 Å². The van der Waals surface area contributed by atoms with Crippen molar-refractivity contribution in [3.8, 4) is 11.8 Å². The molecule has 6 heteroatoms. The molecule has 2 heterocycles. The van der Waals surface area contributed by atoms with Crippen LogP contribution in [0.1, 0.15) is 20.1 Å². The smallest absolute Gasteiger partial charge is 0.256 e. The summed E-state index contributed by atoms with van der Waals surface area (Å²) in [6, 6.07) is 5.24. The number of rotatable bonds is 3. The van der Waals surface area contributed by atoms with Crippen molar-refractivity contribution in [3.63, 3.8) is 0 Å². The van der Waals surface area contributed by atoms with Crippen molar-refractivity contribution in [2.75, 3.05) is 6.61 Å². The summed E-state index contributed by atoms with van der Waals surface area (Å²) in [5.74, 6) is 5.10. The molecule has 0 radical (unpaired) electrons. The van der Waals surface area contributed by atoms with Gasteiger partial charge in [-0.05, 0) is 29.8 Å². The van der Waals surface area contributed by atoms with E-state index >= 15 is 0 Å². The molecule has 2 aromatic heterocycles. The van der Waals surface area contributed by atoms with Crippen molar-refractivity contribution in [1.29, 1.82) is 0 Å². The summed E-state index contributed by atoms with van der Waals surface area (Å²) >= 11 is 7.17. The van der Waals surface area contributed by atoms with Gasteiger partial charge < -0.3 is 14.8 Å². The third-order valence-electron chi connectivity index (χ3n) is 2.24. The largest absolute Gasteiger partial charge is 0.452 e. The van der Waals surface area contributed by atoms with E-state index in [-0.39, 0.29) is 17.7 Å². The molecule has 0 spiro atoms. The van der Waals surface area contributed by atoms with Crippen molar-refractivity contribution < 1.29 is 14.3 Å². The highest BCUT2D eigenvalue weighted by molar-refractivity contribution is 7.12. The van der Waals surface area contributed by atoms with Crippen molar-refractivity contribution in [3.05, 3.63) is 45.0 Å². The number of aliphatic hydroxyl groups excluding tert-OH is 1. The monoisotopic (exact) mass is 295 g/mol. The number of hydrogen-bond donors (Lipinski definition) is 2. The molecule has 0 unspecified atom stereocenters. The van der Waals surface area contributed by atoms with Crippen LogP contribution in [0.25, 0.3) is 0 Å². The van der Waals surface area contributed by atoms with Gasteiger partial charge in [0, 0.05) is 4.88 Å². The average molecular weight is 296 g/mol. The van der Waals surface area contributed by atoms with Gasteiger partial charge in [-0.2, -0.15) is 0 Å². The molecule has 0 aliphatic rings. The van der Waals surface area contributed by atoms with E-state index in [1.165, 1.54) is 23.7 Å². The van der Waals surface area contributed by atoms with Crippen molar-refractivity contribution in [2.24, 2.45) is 0 Å². The van der Waals surface area contributed by atoms with E-state index < -0.39 is 0 Å². The number of amides is 1. The molecule has 0 aliphatic carbocycles. The molecule has 0 fully saturated rings. The maximum atomic E-state index is 11.8. The second kappa shape index (κ2) is 6.43. The van der Waals surface area contributed by atoms with E-state index in [9.17, 15) is 4.79 Å². The topological polar surface area (TPSA) is 62.5 Å². The molecule has 0 saturated carbocycles. The summed E-state index contributed by atoms with van der Waals surface area (Å²) < 4.78 is 4.85. The Kier molecular flexibility index (Phi) is 4.63. The summed E-state index contributed by atoms with van der Waals surface area (Å²) in [6.07, 6.45) is 1.37. The predicted molar refractivity (Wildman–Crippen MR) is 73.2 cm³/mol. The fourth-order valence-corrected chi connectivity index (χ4v) is 2.41. The lowest BCUT2D eigenvalue weighted by atomic mass is 10.3. The Morgan fingerprint density at radius 3 is 3.00 bits per heavy atom. The molecule has 19 heavy (non-hydrogen) atoms. The Balaban J connectivity index is 1.94. The minimum Gasteiger partial charge on any atom is -0.452 e. The van der Waals surface area contributed by atoms with Gasteiger partial charge in [0.25, 0.3) is 5.91 Å². The molecule has 2 aromatic rings. The van der Waals surface area contributed by atoms with Crippen LogP contribution in [0.3, 0.4) is 0 Å². The number of thiophene rings is 1. The van der Waals surface area contributed by atoms with Crippen LogP contribution in [0.5, 0.6) is 0 Å². The number of carbonyl (C=O) groups is 1. The maximum Gasteiger partial charge on any atom is 0.256 e. The Labute approximate surface area is 119 Å². The first-order chi connectivity index (χ1) is 9.20. The quantitative estimate of drug-likeness (QED) is 0.854. The predicted octanol–water partition coefficient (Wildman–Crippen LogP) is 2.27. The Bertz CT molecular complexity index is 636. The normalized spacial score (nSPS) is 9.79. The van der Waals surface area contributed by atoms with Gasteiger partial charge in [-0.1, -0.05) is 11.8 Å². The van der Waals surface area contributed by atoms with Gasteiger partial charge in [0.2, 0.25) is 5.22 Å². The lowest BCUT2D eigenvalue weighted by molar-refractivity contribution is 0.0951. The lowest BCUT2D eigenvalue weighted by Gasteiger charge is -2.01. The second-order valence-electron chi connectivity index (χ2n) is 3.52. The molecule has 0 atom stereocenters. The van der Waals surface area contributed by atoms with Gasteiger partial charge in [0.15, 0.2) is 0 Å². The standard InChI is InChI=1S/C13H10ClNO3S/c14-12-11(5-7-18-12)13(17)15-8-10-4-3-9(19-10)2-1-6-16/h3-5,7,16H,6,8H2,(H,15,17). The van der Waals surface area contributed by atoms with Gasteiger partial charge in [0.05, 0.1) is 23.2 Å². The average Bonchev–Trinajstić information content (AvgIpc) is 3.02. The highest BCUT2D eigenvalue weighted by Gasteiger charge is 2.12. The van der Waals surface area contributed by atoms with E-state index in [0.717, 1.165) is 9.75 Å².